The quantitative estimate of drug-likeness (QED) is 0.552. The number of hydrogen-bond donors (Lipinski definition) is 3. The van der Waals surface area contributed by atoms with Crippen molar-refractivity contribution in [2.75, 3.05) is 17.6 Å². The third-order valence-electron chi connectivity index (χ3n) is 2.52. The van der Waals surface area contributed by atoms with Gasteiger partial charge >= 0.3 is 6.36 Å². The number of halogens is 4. The molecule has 1 aromatic carbocycles. The molecule has 0 unspecified atom stereocenters. The molecule has 127 valence electrons. The summed E-state index contributed by atoms with van der Waals surface area (Å²) in [7, 11) is 0. The van der Waals surface area contributed by atoms with E-state index in [-0.39, 0.29) is 30.1 Å². The van der Waals surface area contributed by atoms with E-state index >= 15 is 0 Å². The highest BCUT2D eigenvalue weighted by Crippen LogP contribution is 2.24. The van der Waals surface area contributed by atoms with Gasteiger partial charge in [0.25, 0.3) is 0 Å². The summed E-state index contributed by atoms with van der Waals surface area (Å²) >= 11 is 1.59. The number of guanidine groups is 2. The number of nitrogens with zero attached hydrogens (tertiary/aromatic N) is 2. The first-order valence-electron chi connectivity index (χ1n) is 6.10. The largest absolute Gasteiger partial charge is 0.573 e. The van der Waals surface area contributed by atoms with E-state index in [1.54, 1.807) is 16.7 Å². The first-order valence-corrected chi connectivity index (χ1v) is 7.15. The molecule has 0 atom stereocenters. The van der Waals surface area contributed by atoms with Crippen LogP contribution in [0.5, 0.6) is 5.75 Å². The fourth-order valence-corrected chi connectivity index (χ4v) is 2.40. The maximum absolute atomic E-state index is 12.0. The molecule has 23 heavy (non-hydrogen) atoms. The van der Waals surface area contributed by atoms with Crippen LogP contribution in [0.2, 0.25) is 0 Å². The van der Waals surface area contributed by atoms with Crippen molar-refractivity contribution in [2.45, 2.75) is 6.36 Å². The highest BCUT2D eigenvalue weighted by atomic mass is 35.5. The molecular weight excluding hydrogens is 355 g/mol. The van der Waals surface area contributed by atoms with Gasteiger partial charge in [0.1, 0.15) is 11.6 Å². The lowest BCUT2D eigenvalue weighted by atomic mass is 10.3. The van der Waals surface area contributed by atoms with Gasteiger partial charge in [-0.3, -0.25) is 5.41 Å². The van der Waals surface area contributed by atoms with Crippen LogP contribution in [-0.4, -0.2) is 35.5 Å². The Morgan fingerprint density at radius 1 is 1.35 bits per heavy atom. The number of nitrogens with one attached hydrogen (secondary N) is 2. The minimum absolute atomic E-state index is 0. The molecule has 1 saturated heterocycles. The van der Waals surface area contributed by atoms with Crippen LogP contribution in [0.4, 0.5) is 18.9 Å². The number of benzene rings is 1. The lowest BCUT2D eigenvalue weighted by Crippen LogP contribution is -2.34. The van der Waals surface area contributed by atoms with Crippen LogP contribution in [-0.2, 0) is 0 Å². The molecule has 1 aliphatic rings. The van der Waals surface area contributed by atoms with Crippen LogP contribution in [0.1, 0.15) is 0 Å². The Bertz CT molecular complexity index is 561. The molecule has 11 heteroatoms. The maximum atomic E-state index is 12.0. The van der Waals surface area contributed by atoms with Gasteiger partial charge in [0.05, 0.1) is 0 Å². The second-order valence-corrected chi connectivity index (χ2v) is 5.14. The van der Waals surface area contributed by atoms with Gasteiger partial charge in [-0.15, -0.1) is 37.3 Å². The van der Waals surface area contributed by atoms with E-state index in [2.05, 4.69) is 15.0 Å². The van der Waals surface area contributed by atoms with Gasteiger partial charge in [-0.1, -0.05) is 0 Å². The lowest BCUT2D eigenvalue weighted by molar-refractivity contribution is -0.274. The number of rotatable bonds is 2. The summed E-state index contributed by atoms with van der Waals surface area (Å²) in [6.07, 6.45) is -4.73. The van der Waals surface area contributed by atoms with E-state index in [0.717, 1.165) is 24.4 Å². The zero-order valence-corrected chi connectivity index (χ0v) is 13.3. The van der Waals surface area contributed by atoms with E-state index in [1.807, 2.05) is 5.88 Å². The lowest BCUT2D eigenvalue weighted by Gasteiger charge is -2.14. The van der Waals surface area contributed by atoms with Crippen molar-refractivity contribution in [2.24, 2.45) is 10.7 Å². The number of thioether (sulfide) groups is 1. The molecule has 6 nitrogen and oxygen atoms in total. The van der Waals surface area contributed by atoms with Crippen LogP contribution in [0.3, 0.4) is 0 Å². The van der Waals surface area contributed by atoms with E-state index in [9.17, 15) is 13.2 Å². The average molecular weight is 369 g/mol. The second kappa shape index (κ2) is 8.16. The molecule has 0 amide bonds. The third-order valence-corrected chi connectivity index (χ3v) is 3.34. The molecular formula is C12H14ClF3N5OS. The normalized spacial score (nSPS) is 15.1. The SMILES string of the molecule is Cl.N=C(N=C(N)N1[CH]SCC1)Nc1ccc(OC(F)(F)F)cc1. The van der Waals surface area contributed by atoms with Crippen molar-refractivity contribution in [1.82, 2.24) is 4.90 Å². The molecule has 1 aliphatic heterocycles. The third kappa shape index (κ3) is 6.45. The van der Waals surface area contributed by atoms with E-state index < -0.39 is 6.36 Å². The van der Waals surface area contributed by atoms with E-state index in [0.29, 0.717) is 5.69 Å². The number of nitrogens with two attached hydrogens (primary N) is 1. The molecule has 0 aliphatic carbocycles. The van der Waals surface area contributed by atoms with Gasteiger partial charge in [0.2, 0.25) is 5.96 Å². The molecule has 1 fully saturated rings. The number of aliphatic imine (C=N–C) groups is 1. The summed E-state index contributed by atoms with van der Waals surface area (Å²) in [4.78, 5) is 5.58. The minimum atomic E-state index is -4.73. The predicted molar refractivity (Wildman–Crippen MR) is 86.8 cm³/mol. The molecule has 0 saturated carbocycles. The van der Waals surface area contributed by atoms with Crippen molar-refractivity contribution in [3.63, 3.8) is 0 Å². The van der Waals surface area contributed by atoms with Crippen molar-refractivity contribution < 1.29 is 17.9 Å². The van der Waals surface area contributed by atoms with Crippen LogP contribution in [0.15, 0.2) is 29.3 Å². The Kier molecular flexibility index (Phi) is 6.82. The van der Waals surface area contributed by atoms with Crippen LogP contribution in [0, 0.1) is 11.3 Å². The maximum Gasteiger partial charge on any atom is 0.573 e. The molecule has 1 radical (unpaired) electrons. The summed E-state index contributed by atoms with van der Waals surface area (Å²) in [5, 5.41) is 10.3. The Balaban J connectivity index is 0.00000264. The Hall–Kier alpha value is -1.81. The number of hydrogen-bond acceptors (Lipinski definition) is 3. The van der Waals surface area contributed by atoms with Crippen molar-refractivity contribution in [3.05, 3.63) is 30.1 Å². The van der Waals surface area contributed by atoms with Gasteiger partial charge in [-0.2, -0.15) is 4.99 Å². The number of alkyl halides is 3. The molecule has 0 spiro atoms. The van der Waals surface area contributed by atoms with Gasteiger partial charge in [-0.25, -0.2) is 0 Å². The number of anilines is 1. The molecule has 1 aromatic rings. The zero-order valence-electron chi connectivity index (χ0n) is 11.6. The molecule has 4 N–H and O–H groups in total. The Labute approximate surface area is 141 Å². The Morgan fingerprint density at radius 2 is 2.00 bits per heavy atom. The van der Waals surface area contributed by atoms with E-state index in [1.165, 1.54) is 12.1 Å². The topological polar surface area (TPSA) is 86.7 Å². The first kappa shape index (κ1) is 19.2. The van der Waals surface area contributed by atoms with Gasteiger partial charge in [0.15, 0.2) is 5.96 Å². The molecule has 0 aromatic heterocycles. The fraction of sp³-hybridized carbons (Fsp3) is 0.250. The molecule has 0 bridgehead atoms. The van der Waals surface area contributed by atoms with Crippen molar-refractivity contribution in [1.29, 1.82) is 5.41 Å². The second-order valence-electron chi connectivity index (χ2n) is 4.19. The van der Waals surface area contributed by atoms with Gasteiger partial charge in [0, 0.05) is 18.0 Å². The summed E-state index contributed by atoms with van der Waals surface area (Å²) in [5.41, 5.74) is 6.13. The number of ether oxygens (including phenoxy) is 1. The molecule has 2 rings (SSSR count). The zero-order chi connectivity index (χ0) is 16.2. The summed E-state index contributed by atoms with van der Waals surface area (Å²) in [5.74, 6) is 2.34. The molecule has 1 heterocycles. The highest BCUT2D eigenvalue weighted by molar-refractivity contribution is 8.01. The Morgan fingerprint density at radius 3 is 2.52 bits per heavy atom. The first-order chi connectivity index (χ1) is 10.3. The standard InChI is InChI=1S/C12H13F3N5OS.ClH/c13-12(14,15)21-9-3-1-8(2-4-9)18-10(16)19-11(17)20-5-6-22-7-20;/h1-4,7H,5-6H2,(H4,16,17,18,19);1H. The van der Waals surface area contributed by atoms with Crippen molar-refractivity contribution >= 4 is 41.8 Å². The van der Waals surface area contributed by atoms with Crippen LogP contribution < -0.4 is 15.8 Å². The van der Waals surface area contributed by atoms with Gasteiger partial charge < -0.3 is 20.7 Å². The van der Waals surface area contributed by atoms with Crippen molar-refractivity contribution in [3.8, 4) is 5.75 Å². The summed E-state index contributed by atoms with van der Waals surface area (Å²) < 4.78 is 39.8. The van der Waals surface area contributed by atoms with E-state index in [4.69, 9.17) is 11.1 Å². The van der Waals surface area contributed by atoms with Gasteiger partial charge in [-0.05, 0) is 24.3 Å². The minimum Gasteiger partial charge on any atom is -0.406 e. The monoisotopic (exact) mass is 368 g/mol. The summed E-state index contributed by atoms with van der Waals surface area (Å²) in [6.45, 7) is 0.719. The average Bonchev–Trinajstić information content (AvgIpc) is 2.93. The highest BCUT2D eigenvalue weighted by Gasteiger charge is 2.30. The predicted octanol–water partition coefficient (Wildman–Crippen LogP) is 2.84. The smallest absolute Gasteiger partial charge is 0.406 e. The van der Waals surface area contributed by atoms with Crippen LogP contribution in [0.25, 0.3) is 0 Å². The summed E-state index contributed by atoms with van der Waals surface area (Å²) in [6, 6.07) is 4.97. The van der Waals surface area contributed by atoms with Crippen LogP contribution >= 0.6 is 24.2 Å². The fourth-order valence-electron chi connectivity index (χ4n) is 1.60.